The molecular weight excluding hydrogens is 404 g/mol. The Labute approximate surface area is 186 Å². The summed E-state index contributed by atoms with van der Waals surface area (Å²) in [4.78, 5) is 4.85. The van der Waals surface area contributed by atoms with Gasteiger partial charge < -0.3 is 0 Å². The molecule has 0 aliphatic carbocycles. The van der Waals surface area contributed by atoms with Crippen LogP contribution in [-0.2, 0) is 0 Å². The van der Waals surface area contributed by atoms with E-state index >= 15 is 0 Å². The third-order valence-corrected chi connectivity index (χ3v) is 6.50. The van der Waals surface area contributed by atoms with E-state index in [0.717, 1.165) is 11.4 Å². The van der Waals surface area contributed by atoms with Gasteiger partial charge in [0.05, 0.1) is 11.4 Å². The summed E-state index contributed by atoms with van der Waals surface area (Å²) in [5.74, 6) is 0. The standard InChI is InChI=1S/C26H22N2S2/c1-19-3-11-23(12-4-19)29-25-15-7-21(8-16-25)27-28-22-9-17-26(18-10-22)30-24-13-5-20(2)6-14-24/h3-18H,1-2H3. The zero-order valence-corrected chi connectivity index (χ0v) is 18.6. The number of azo groups is 1. The Morgan fingerprint density at radius 3 is 0.967 bits per heavy atom. The summed E-state index contributed by atoms with van der Waals surface area (Å²) in [6.07, 6.45) is 0. The van der Waals surface area contributed by atoms with Gasteiger partial charge in [-0.3, -0.25) is 0 Å². The van der Waals surface area contributed by atoms with Crippen molar-refractivity contribution in [3.05, 3.63) is 108 Å². The van der Waals surface area contributed by atoms with Gasteiger partial charge in [0, 0.05) is 19.6 Å². The first-order valence-corrected chi connectivity index (χ1v) is 11.4. The topological polar surface area (TPSA) is 24.7 Å². The maximum absolute atomic E-state index is 4.37. The van der Waals surface area contributed by atoms with Crippen LogP contribution >= 0.6 is 23.5 Å². The molecule has 0 amide bonds. The van der Waals surface area contributed by atoms with E-state index in [2.05, 4.69) is 96.9 Å². The van der Waals surface area contributed by atoms with Crippen LogP contribution in [0.1, 0.15) is 11.1 Å². The molecule has 0 saturated heterocycles. The average molecular weight is 427 g/mol. The van der Waals surface area contributed by atoms with Gasteiger partial charge in [-0.2, -0.15) is 10.2 Å². The molecule has 2 nitrogen and oxygen atoms in total. The second-order valence-electron chi connectivity index (χ2n) is 7.02. The molecule has 0 radical (unpaired) electrons. The highest BCUT2D eigenvalue weighted by Crippen LogP contribution is 2.31. The van der Waals surface area contributed by atoms with Crippen LogP contribution in [0.3, 0.4) is 0 Å². The number of aryl methyl sites for hydroxylation is 2. The maximum Gasteiger partial charge on any atom is 0.0857 e. The van der Waals surface area contributed by atoms with E-state index in [9.17, 15) is 0 Å². The van der Waals surface area contributed by atoms with E-state index in [-0.39, 0.29) is 0 Å². The molecule has 0 bridgehead atoms. The Kier molecular flexibility index (Phi) is 6.67. The third-order valence-electron chi connectivity index (χ3n) is 4.47. The molecule has 4 aromatic carbocycles. The van der Waals surface area contributed by atoms with Crippen LogP contribution in [0, 0.1) is 13.8 Å². The van der Waals surface area contributed by atoms with Crippen molar-refractivity contribution in [3.63, 3.8) is 0 Å². The van der Waals surface area contributed by atoms with Gasteiger partial charge in [0.1, 0.15) is 0 Å². The molecule has 4 rings (SSSR count). The summed E-state index contributed by atoms with van der Waals surface area (Å²) in [5, 5.41) is 8.74. The number of hydrogen-bond donors (Lipinski definition) is 0. The fourth-order valence-electron chi connectivity index (χ4n) is 2.76. The van der Waals surface area contributed by atoms with Crippen LogP contribution in [0.5, 0.6) is 0 Å². The van der Waals surface area contributed by atoms with Crippen molar-refractivity contribution in [2.75, 3.05) is 0 Å². The van der Waals surface area contributed by atoms with Gasteiger partial charge in [0.2, 0.25) is 0 Å². The lowest BCUT2D eigenvalue weighted by Gasteiger charge is -2.03. The Bertz CT molecular complexity index is 1020. The zero-order valence-electron chi connectivity index (χ0n) is 16.9. The highest BCUT2D eigenvalue weighted by Gasteiger charge is 2.00. The molecule has 0 fully saturated rings. The summed E-state index contributed by atoms with van der Waals surface area (Å²) in [6, 6.07) is 33.5. The zero-order chi connectivity index (χ0) is 20.8. The number of benzene rings is 4. The fraction of sp³-hybridized carbons (Fsp3) is 0.0769. The Morgan fingerprint density at radius 1 is 0.400 bits per heavy atom. The van der Waals surface area contributed by atoms with E-state index < -0.39 is 0 Å². The van der Waals surface area contributed by atoms with E-state index in [4.69, 9.17) is 0 Å². The minimum atomic E-state index is 0.848. The van der Waals surface area contributed by atoms with Crippen LogP contribution in [-0.4, -0.2) is 0 Å². The van der Waals surface area contributed by atoms with E-state index in [1.165, 1.54) is 30.7 Å². The minimum absolute atomic E-state index is 0.848. The predicted molar refractivity (Wildman–Crippen MR) is 128 cm³/mol. The van der Waals surface area contributed by atoms with Gasteiger partial charge >= 0.3 is 0 Å². The monoisotopic (exact) mass is 426 g/mol. The molecule has 0 N–H and O–H groups in total. The van der Waals surface area contributed by atoms with E-state index in [0.29, 0.717) is 0 Å². The molecule has 30 heavy (non-hydrogen) atoms. The quantitative estimate of drug-likeness (QED) is 0.287. The molecule has 0 atom stereocenters. The molecule has 4 heteroatoms. The average Bonchev–Trinajstić information content (AvgIpc) is 2.77. The molecule has 0 aromatic heterocycles. The second-order valence-corrected chi connectivity index (χ2v) is 9.31. The minimum Gasteiger partial charge on any atom is -0.151 e. The van der Waals surface area contributed by atoms with Crippen molar-refractivity contribution in [2.45, 2.75) is 33.4 Å². The lowest BCUT2D eigenvalue weighted by atomic mass is 10.2. The van der Waals surface area contributed by atoms with Gasteiger partial charge in [0.25, 0.3) is 0 Å². The SMILES string of the molecule is Cc1ccc(Sc2ccc(N=Nc3ccc(Sc4ccc(C)cc4)cc3)cc2)cc1. The van der Waals surface area contributed by atoms with Gasteiger partial charge in [-0.1, -0.05) is 58.9 Å². The first-order valence-electron chi connectivity index (χ1n) is 9.75. The second kappa shape index (κ2) is 9.79. The number of rotatable bonds is 6. The van der Waals surface area contributed by atoms with E-state index in [1.807, 2.05) is 24.3 Å². The van der Waals surface area contributed by atoms with Crippen LogP contribution in [0.15, 0.2) is 127 Å². The molecule has 148 valence electrons. The van der Waals surface area contributed by atoms with E-state index in [1.54, 1.807) is 23.5 Å². The van der Waals surface area contributed by atoms with Crippen LogP contribution < -0.4 is 0 Å². The maximum atomic E-state index is 4.37. The molecule has 0 saturated carbocycles. The van der Waals surface area contributed by atoms with Gasteiger partial charge in [-0.25, -0.2) is 0 Å². The van der Waals surface area contributed by atoms with Crippen LogP contribution in [0.4, 0.5) is 11.4 Å². The predicted octanol–water partition coefficient (Wildman–Crippen LogP) is 9.02. The fourth-order valence-corrected chi connectivity index (χ4v) is 4.39. The van der Waals surface area contributed by atoms with Crippen molar-refractivity contribution in [1.82, 2.24) is 0 Å². The van der Waals surface area contributed by atoms with Gasteiger partial charge in [0.15, 0.2) is 0 Å². The number of nitrogens with zero attached hydrogens (tertiary/aromatic N) is 2. The summed E-state index contributed by atoms with van der Waals surface area (Å²) in [6.45, 7) is 4.20. The Balaban J connectivity index is 1.36. The van der Waals surface area contributed by atoms with Crippen LogP contribution in [0.2, 0.25) is 0 Å². The lowest BCUT2D eigenvalue weighted by molar-refractivity contribution is 1.21. The first-order chi connectivity index (χ1) is 14.6. The summed E-state index contributed by atoms with van der Waals surface area (Å²) >= 11 is 3.50. The van der Waals surface area contributed by atoms with Crippen LogP contribution in [0.25, 0.3) is 0 Å². The van der Waals surface area contributed by atoms with Gasteiger partial charge in [-0.05, 0) is 86.6 Å². The lowest BCUT2D eigenvalue weighted by Crippen LogP contribution is -1.75. The third kappa shape index (κ3) is 5.85. The summed E-state index contributed by atoms with van der Waals surface area (Å²) < 4.78 is 0. The molecule has 4 aromatic rings. The Morgan fingerprint density at radius 2 is 0.667 bits per heavy atom. The molecule has 0 unspecified atom stereocenters. The normalized spacial score (nSPS) is 11.1. The highest BCUT2D eigenvalue weighted by atomic mass is 32.2. The highest BCUT2D eigenvalue weighted by molar-refractivity contribution is 7.99. The molecule has 0 heterocycles. The smallest absolute Gasteiger partial charge is 0.0857 e. The molecule has 0 aliphatic heterocycles. The van der Waals surface area contributed by atoms with Crippen molar-refractivity contribution in [2.24, 2.45) is 10.2 Å². The van der Waals surface area contributed by atoms with Crippen molar-refractivity contribution < 1.29 is 0 Å². The molecule has 0 spiro atoms. The largest absolute Gasteiger partial charge is 0.151 e. The molecular formula is C26H22N2S2. The first kappa shape index (κ1) is 20.5. The van der Waals surface area contributed by atoms with Gasteiger partial charge in [-0.15, -0.1) is 0 Å². The van der Waals surface area contributed by atoms with Crippen molar-refractivity contribution in [3.8, 4) is 0 Å². The van der Waals surface area contributed by atoms with Crippen molar-refractivity contribution >= 4 is 34.9 Å². The Hall–Kier alpha value is -2.82. The van der Waals surface area contributed by atoms with Crippen molar-refractivity contribution in [1.29, 1.82) is 0 Å². The molecule has 0 aliphatic rings. The number of hydrogen-bond acceptors (Lipinski definition) is 4. The summed E-state index contributed by atoms with van der Waals surface area (Å²) in [7, 11) is 0. The summed E-state index contributed by atoms with van der Waals surface area (Å²) in [5.41, 5.74) is 4.25.